The zero-order valence-corrected chi connectivity index (χ0v) is 20.5. The Morgan fingerprint density at radius 1 is 1.30 bits per heavy atom. The molecule has 11 heteroatoms. The molecule has 2 aliphatic heterocycles. The van der Waals surface area contributed by atoms with E-state index < -0.39 is 11.6 Å². The first kappa shape index (κ1) is 24.4. The summed E-state index contributed by atoms with van der Waals surface area (Å²) in [4.78, 5) is 29.1. The third-order valence-electron chi connectivity index (χ3n) is 6.82. The van der Waals surface area contributed by atoms with Crippen molar-refractivity contribution in [2.45, 2.75) is 19.0 Å². The smallest absolute Gasteiger partial charge is 0.256 e. The second-order valence-corrected chi connectivity index (χ2v) is 9.82. The quantitative estimate of drug-likeness (QED) is 0.532. The number of hydrogen-bond acceptors (Lipinski definition) is 6. The standard InChI is InChI=1S/C26H22F2N6O2S/c1-3-20(27)24-16(18(11-29)25(30)37-24)9-15-19-12-31-34-6-5-14-13-32(22(35)4-2)7-8-33(14)26(36)17(23(19)34)10-21(15)28/h3-4,9-10,12,14H,1-2,5-8,13,30H2/b16-9+,24-20-/t14-/m1/s1. The molecule has 0 radical (unpaired) electrons. The number of allylic oxidation sites excluding steroid dienone is 1. The van der Waals surface area contributed by atoms with Crippen LogP contribution in [0.25, 0.3) is 22.8 Å². The fourth-order valence-corrected chi connectivity index (χ4v) is 5.93. The van der Waals surface area contributed by atoms with Crippen molar-refractivity contribution in [3.63, 3.8) is 0 Å². The van der Waals surface area contributed by atoms with E-state index in [9.17, 15) is 19.2 Å². The van der Waals surface area contributed by atoms with Crippen LogP contribution in [-0.4, -0.2) is 57.1 Å². The van der Waals surface area contributed by atoms with Crippen molar-refractivity contribution < 1.29 is 18.4 Å². The summed E-state index contributed by atoms with van der Waals surface area (Å²) < 4.78 is 31.9. The molecule has 0 unspecified atom stereocenters. The van der Waals surface area contributed by atoms with E-state index in [4.69, 9.17) is 5.73 Å². The molecule has 0 saturated carbocycles. The number of thiophene rings is 1. The van der Waals surface area contributed by atoms with E-state index >= 15 is 4.39 Å². The maximum atomic E-state index is 15.7. The van der Waals surface area contributed by atoms with Crippen LogP contribution < -0.4 is 15.5 Å². The van der Waals surface area contributed by atoms with Crippen LogP contribution in [-0.2, 0) is 11.3 Å². The number of carbonyl (C=O) groups excluding carboxylic acids is 2. The number of halogens is 2. The minimum atomic E-state index is -0.716. The Labute approximate surface area is 214 Å². The molecule has 0 bridgehead atoms. The lowest BCUT2D eigenvalue weighted by molar-refractivity contribution is -0.128. The van der Waals surface area contributed by atoms with Gasteiger partial charge >= 0.3 is 0 Å². The van der Waals surface area contributed by atoms with Gasteiger partial charge in [0.2, 0.25) is 5.91 Å². The molecule has 1 saturated heterocycles. The van der Waals surface area contributed by atoms with Crippen molar-refractivity contribution in [2.24, 2.45) is 0 Å². The highest BCUT2D eigenvalue weighted by Crippen LogP contribution is 2.31. The summed E-state index contributed by atoms with van der Waals surface area (Å²) in [5.74, 6) is -1.95. The molecule has 0 spiro atoms. The first-order valence-corrected chi connectivity index (χ1v) is 12.3. The molecule has 8 nitrogen and oxygen atoms in total. The number of hydrogen-bond donors (Lipinski definition) is 1. The second kappa shape index (κ2) is 9.29. The van der Waals surface area contributed by atoms with Crippen LogP contribution in [0.3, 0.4) is 0 Å². The van der Waals surface area contributed by atoms with Crippen molar-refractivity contribution in [1.82, 2.24) is 19.6 Å². The number of fused-ring (bicyclic) bond motifs is 1. The average molecular weight is 521 g/mol. The molecule has 3 aromatic rings. The number of nitrogen functional groups attached to an aromatic ring is 1. The van der Waals surface area contributed by atoms with E-state index in [-0.39, 0.29) is 49.3 Å². The van der Waals surface area contributed by atoms with Crippen molar-refractivity contribution in [2.75, 3.05) is 25.4 Å². The summed E-state index contributed by atoms with van der Waals surface area (Å²) in [6, 6.07) is 2.87. The van der Waals surface area contributed by atoms with Gasteiger partial charge in [0.15, 0.2) is 0 Å². The summed E-state index contributed by atoms with van der Waals surface area (Å²) in [7, 11) is 0. The van der Waals surface area contributed by atoms with Crippen molar-refractivity contribution >= 4 is 51.0 Å². The number of piperazine rings is 1. The minimum Gasteiger partial charge on any atom is -0.389 e. The molecule has 2 amide bonds. The molecule has 1 atom stereocenters. The van der Waals surface area contributed by atoms with E-state index in [1.54, 1.807) is 14.5 Å². The summed E-state index contributed by atoms with van der Waals surface area (Å²) >= 11 is 0.878. The van der Waals surface area contributed by atoms with Gasteiger partial charge in [0.1, 0.15) is 22.7 Å². The Kier molecular flexibility index (Phi) is 6.13. The van der Waals surface area contributed by atoms with Crippen LogP contribution in [0.1, 0.15) is 27.9 Å². The van der Waals surface area contributed by atoms with Gasteiger partial charge in [-0.3, -0.25) is 14.3 Å². The number of carbonyl (C=O) groups is 2. The van der Waals surface area contributed by atoms with Gasteiger partial charge in [0.25, 0.3) is 5.91 Å². The lowest BCUT2D eigenvalue weighted by atomic mass is 9.99. The molecule has 2 aromatic heterocycles. The Morgan fingerprint density at radius 3 is 2.78 bits per heavy atom. The highest BCUT2D eigenvalue weighted by molar-refractivity contribution is 7.14. The zero-order chi connectivity index (χ0) is 26.4. The van der Waals surface area contributed by atoms with E-state index in [1.165, 1.54) is 18.3 Å². The number of benzene rings is 1. The highest BCUT2D eigenvalue weighted by atomic mass is 32.1. The second-order valence-electron chi connectivity index (χ2n) is 8.77. The molecule has 4 heterocycles. The van der Waals surface area contributed by atoms with Gasteiger partial charge in [0, 0.05) is 42.3 Å². The molecule has 37 heavy (non-hydrogen) atoms. The first-order valence-electron chi connectivity index (χ1n) is 11.5. The molecule has 1 aromatic carbocycles. The van der Waals surface area contributed by atoms with Gasteiger partial charge in [0.05, 0.1) is 33.4 Å². The van der Waals surface area contributed by atoms with E-state index in [2.05, 4.69) is 18.3 Å². The lowest BCUT2D eigenvalue weighted by Crippen LogP contribution is -2.57. The fourth-order valence-electron chi connectivity index (χ4n) is 5.00. The van der Waals surface area contributed by atoms with Crippen LogP contribution in [0.15, 0.2) is 37.6 Å². The number of aromatic nitrogens is 2. The predicted octanol–water partition coefficient (Wildman–Crippen LogP) is 2.03. The van der Waals surface area contributed by atoms with Crippen molar-refractivity contribution in [3.05, 3.63) is 69.8 Å². The van der Waals surface area contributed by atoms with Crippen LogP contribution in [0.2, 0.25) is 0 Å². The van der Waals surface area contributed by atoms with E-state index in [0.29, 0.717) is 43.5 Å². The Balaban J connectivity index is 1.69. The van der Waals surface area contributed by atoms with Crippen LogP contribution >= 0.6 is 11.3 Å². The van der Waals surface area contributed by atoms with Crippen LogP contribution in [0, 0.1) is 17.1 Å². The Morgan fingerprint density at radius 2 is 2.08 bits per heavy atom. The summed E-state index contributed by atoms with van der Waals surface area (Å²) in [5, 5.41) is 14.6. The van der Waals surface area contributed by atoms with Gasteiger partial charge in [-0.1, -0.05) is 13.2 Å². The Hall–Kier alpha value is -4.30. The summed E-state index contributed by atoms with van der Waals surface area (Å²) in [6.07, 6.45) is 5.63. The highest BCUT2D eigenvalue weighted by Gasteiger charge is 2.35. The lowest BCUT2D eigenvalue weighted by Gasteiger charge is -2.42. The van der Waals surface area contributed by atoms with Gasteiger partial charge in [-0.2, -0.15) is 10.4 Å². The van der Waals surface area contributed by atoms with Gasteiger partial charge in [-0.25, -0.2) is 8.78 Å². The molecule has 5 rings (SSSR count). The maximum Gasteiger partial charge on any atom is 0.256 e. The summed E-state index contributed by atoms with van der Waals surface area (Å²) in [5.41, 5.74) is 6.66. The number of nitrogens with two attached hydrogens (primary N) is 1. The molecule has 2 aliphatic rings. The van der Waals surface area contributed by atoms with Crippen LogP contribution in [0.4, 0.5) is 13.8 Å². The first-order chi connectivity index (χ1) is 17.8. The van der Waals surface area contributed by atoms with E-state index in [0.717, 1.165) is 23.5 Å². The number of rotatable bonds is 3. The van der Waals surface area contributed by atoms with Crippen molar-refractivity contribution in [1.29, 1.82) is 5.26 Å². The number of amides is 2. The minimum absolute atomic E-state index is 0.0352. The third-order valence-corrected chi connectivity index (χ3v) is 7.86. The fraction of sp³-hybridized carbons (Fsp3) is 0.231. The monoisotopic (exact) mass is 520 g/mol. The molecule has 1 fully saturated rings. The predicted molar refractivity (Wildman–Crippen MR) is 137 cm³/mol. The topological polar surface area (TPSA) is 108 Å². The molecular formula is C26H22F2N6O2S. The molecular weight excluding hydrogens is 498 g/mol. The Bertz CT molecular complexity index is 1660. The molecule has 188 valence electrons. The average Bonchev–Trinajstić information content (AvgIpc) is 3.46. The number of nitrogens with zero attached hydrogens (tertiary/aromatic N) is 5. The number of nitriles is 1. The van der Waals surface area contributed by atoms with E-state index in [1.807, 2.05) is 6.07 Å². The van der Waals surface area contributed by atoms with Gasteiger partial charge in [-0.15, -0.1) is 11.3 Å². The number of aryl methyl sites for hydroxylation is 1. The zero-order valence-electron chi connectivity index (χ0n) is 19.7. The normalized spacial score (nSPS) is 18.7. The third kappa shape index (κ3) is 3.90. The molecule has 2 N–H and O–H groups in total. The molecule has 0 aliphatic carbocycles. The number of anilines is 1. The largest absolute Gasteiger partial charge is 0.389 e. The maximum absolute atomic E-state index is 15.7. The SMILES string of the molecule is C=CC(=O)N1CCN2C(=O)c3cc(F)c(/C=c4\c(C#N)c(N)s\c4=C(/F)C=C)c4cnn(c34)CC[C@@H]2C1. The van der Waals surface area contributed by atoms with Crippen molar-refractivity contribution in [3.8, 4) is 6.07 Å². The van der Waals surface area contributed by atoms with Gasteiger partial charge < -0.3 is 15.5 Å². The van der Waals surface area contributed by atoms with Gasteiger partial charge in [-0.05, 0) is 30.7 Å². The van der Waals surface area contributed by atoms with Crippen LogP contribution in [0.5, 0.6) is 0 Å². The summed E-state index contributed by atoms with van der Waals surface area (Å²) in [6.45, 7) is 8.43.